The third kappa shape index (κ3) is 3.18. The lowest BCUT2D eigenvalue weighted by molar-refractivity contribution is 0.103. The summed E-state index contributed by atoms with van der Waals surface area (Å²) in [5.74, 6) is 0.606. The number of hydrogen-bond acceptors (Lipinski definition) is 3. The van der Waals surface area contributed by atoms with Crippen molar-refractivity contribution >= 4 is 22.9 Å². The first-order chi connectivity index (χ1) is 10.8. The molecule has 0 aliphatic rings. The molecule has 0 radical (unpaired) electrons. The Morgan fingerprint density at radius 3 is 2.59 bits per heavy atom. The van der Waals surface area contributed by atoms with Crippen molar-refractivity contribution in [1.29, 1.82) is 0 Å². The molecule has 22 heavy (non-hydrogen) atoms. The van der Waals surface area contributed by atoms with E-state index in [2.05, 4.69) is 5.32 Å². The molecule has 0 bridgehead atoms. The molecule has 0 saturated heterocycles. The predicted molar refractivity (Wildman–Crippen MR) is 90.7 cm³/mol. The van der Waals surface area contributed by atoms with Crippen LogP contribution in [0.25, 0.3) is 10.4 Å². The van der Waals surface area contributed by atoms with Crippen LogP contribution in [0.15, 0.2) is 66.7 Å². The van der Waals surface area contributed by atoms with Crippen LogP contribution in [0, 0.1) is 0 Å². The van der Waals surface area contributed by atoms with Gasteiger partial charge in [0.1, 0.15) is 5.75 Å². The minimum atomic E-state index is -0.111. The molecule has 3 aromatic rings. The standard InChI is InChI=1S/C18H15NO2S/c1-21-15-9-5-8-14(12-15)19-18(20)17-11-10-16(22-17)13-6-3-2-4-7-13/h2-12H,1H3,(H,19,20). The van der Waals surface area contributed by atoms with Gasteiger partial charge in [0.25, 0.3) is 5.91 Å². The number of carbonyl (C=O) groups is 1. The Morgan fingerprint density at radius 2 is 1.82 bits per heavy atom. The van der Waals surface area contributed by atoms with Crippen molar-refractivity contribution in [2.24, 2.45) is 0 Å². The second kappa shape index (κ2) is 6.45. The largest absolute Gasteiger partial charge is 0.497 e. The number of amides is 1. The lowest BCUT2D eigenvalue weighted by Gasteiger charge is -2.05. The van der Waals surface area contributed by atoms with Crippen LogP contribution in [0.4, 0.5) is 5.69 Å². The first-order valence-electron chi connectivity index (χ1n) is 6.87. The van der Waals surface area contributed by atoms with Crippen LogP contribution < -0.4 is 10.1 Å². The van der Waals surface area contributed by atoms with Crippen LogP contribution in [0.1, 0.15) is 9.67 Å². The van der Waals surface area contributed by atoms with Crippen molar-refractivity contribution in [2.45, 2.75) is 0 Å². The lowest BCUT2D eigenvalue weighted by atomic mass is 10.2. The van der Waals surface area contributed by atoms with Gasteiger partial charge in [0.15, 0.2) is 0 Å². The molecule has 1 aromatic heterocycles. The Labute approximate surface area is 133 Å². The van der Waals surface area contributed by atoms with Crippen LogP contribution >= 0.6 is 11.3 Å². The van der Waals surface area contributed by atoms with Gasteiger partial charge in [0.05, 0.1) is 12.0 Å². The van der Waals surface area contributed by atoms with Gasteiger partial charge in [-0.2, -0.15) is 0 Å². The number of thiophene rings is 1. The Balaban J connectivity index is 1.77. The Bertz CT molecular complexity index is 781. The van der Waals surface area contributed by atoms with E-state index in [4.69, 9.17) is 4.74 Å². The molecule has 0 atom stereocenters. The molecule has 1 N–H and O–H groups in total. The molecule has 3 nitrogen and oxygen atoms in total. The van der Waals surface area contributed by atoms with E-state index in [1.165, 1.54) is 11.3 Å². The summed E-state index contributed by atoms with van der Waals surface area (Å²) >= 11 is 1.48. The molecule has 2 aromatic carbocycles. The first-order valence-corrected chi connectivity index (χ1v) is 7.68. The zero-order valence-electron chi connectivity index (χ0n) is 12.1. The number of anilines is 1. The summed E-state index contributed by atoms with van der Waals surface area (Å²) in [6, 6.07) is 21.2. The summed E-state index contributed by atoms with van der Waals surface area (Å²) < 4.78 is 5.16. The Morgan fingerprint density at radius 1 is 1.00 bits per heavy atom. The highest BCUT2D eigenvalue weighted by Crippen LogP contribution is 2.28. The average molecular weight is 309 g/mol. The highest BCUT2D eigenvalue weighted by molar-refractivity contribution is 7.17. The van der Waals surface area contributed by atoms with Crippen LogP contribution in [-0.2, 0) is 0 Å². The fraction of sp³-hybridized carbons (Fsp3) is 0.0556. The molecule has 1 amide bonds. The van der Waals surface area contributed by atoms with Crippen LogP contribution in [0.3, 0.4) is 0 Å². The normalized spacial score (nSPS) is 10.2. The van der Waals surface area contributed by atoms with Gasteiger partial charge in [-0.3, -0.25) is 4.79 Å². The van der Waals surface area contributed by atoms with Gasteiger partial charge in [0, 0.05) is 16.6 Å². The van der Waals surface area contributed by atoms with E-state index in [1.807, 2.05) is 60.7 Å². The fourth-order valence-corrected chi connectivity index (χ4v) is 3.02. The molecule has 0 aliphatic carbocycles. The molecule has 0 fully saturated rings. The summed E-state index contributed by atoms with van der Waals surface area (Å²) in [5, 5.41) is 2.89. The molecule has 0 saturated carbocycles. The van der Waals surface area contributed by atoms with Gasteiger partial charge in [0.2, 0.25) is 0 Å². The summed E-state index contributed by atoms with van der Waals surface area (Å²) in [6.07, 6.45) is 0. The number of hydrogen-bond donors (Lipinski definition) is 1. The van der Waals surface area contributed by atoms with E-state index in [0.29, 0.717) is 10.6 Å². The summed E-state index contributed by atoms with van der Waals surface area (Å²) in [5.41, 5.74) is 1.84. The highest BCUT2D eigenvalue weighted by atomic mass is 32.1. The van der Waals surface area contributed by atoms with Crippen molar-refractivity contribution in [3.63, 3.8) is 0 Å². The number of carbonyl (C=O) groups excluding carboxylic acids is 1. The fourth-order valence-electron chi connectivity index (χ4n) is 2.11. The summed E-state index contributed by atoms with van der Waals surface area (Å²) in [6.45, 7) is 0. The van der Waals surface area contributed by atoms with Gasteiger partial charge in [-0.25, -0.2) is 0 Å². The predicted octanol–water partition coefficient (Wildman–Crippen LogP) is 4.68. The molecule has 0 spiro atoms. The quantitative estimate of drug-likeness (QED) is 0.760. The monoisotopic (exact) mass is 309 g/mol. The number of benzene rings is 2. The second-order valence-corrected chi connectivity index (χ2v) is 5.80. The number of methoxy groups -OCH3 is 1. The van der Waals surface area contributed by atoms with E-state index in [-0.39, 0.29) is 5.91 Å². The van der Waals surface area contributed by atoms with E-state index >= 15 is 0 Å². The van der Waals surface area contributed by atoms with Gasteiger partial charge < -0.3 is 10.1 Å². The number of nitrogens with one attached hydrogen (secondary N) is 1. The molecule has 0 unspecified atom stereocenters. The van der Waals surface area contributed by atoms with Crippen LogP contribution in [0.5, 0.6) is 5.75 Å². The van der Waals surface area contributed by atoms with Crippen molar-refractivity contribution in [2.75, 3.05) is 12.4 Å². The Kier molecular flexibility index (Phi) is 4.21. The van der Waals surface area contributed by atoms with Gasteiger partial charge in [-0.15, -0.1) is 11.3 Å². The van der Waals surface area contributed by atoms with Crippen molar-refractivity contribution in [3.05, 3.63) is 71.6 Å². The zero-order valence-corrected chi connectivity index (χ0v) is 12.9. The number of ether oxygens (including phenoxy) is 1. The molecule has 3 rings (SSSR count). The average Bonchev–Trinajstić information content (AvgIpc) is 3.06. The molecule has 110 valence electrons. The van der Waals surface area contributed by atoms with Gasteiger partial charge >= 0.3 is 0 Å². The maximum atomic E-state index is 12.3. The molecule has 4 heteroatoms. The summed E-state index contributed by atoms with van der Waals surface area (Å²) in [4.78, 5) is 14.1. The van der Waals surface area contributed by atoms with Gasteiger partial charge in [-0.05, 0) is 29.8 Å². The summed E-state index contributed by atoms with van der Waals surface area (Å²) in [7, 11) is 1.60. The van der Waals surface area contributed by atoms with Crippen molar-refractivity contribution in [3.8, 4) is 16.2 Å². The highest BCUT2D eigenvalue weighted by Gasteiger charge is 2.10. The van der Waals surface area contributed by atoms with E-state index < -0.39 is 0 Å². The minimum Gasteiger partial charge on any atom is -0.497 e. The molecular formula is C18H15NO2S. The van der Waals surface area contributed by atoms with Gasteiger partial charge in [-0.1, -0.05) is 36.4 Å². The molecule has 1 heterocycles. The Hall–Kier alpha value is -2.59. The van der Waals surface area contributed by atoms with E-state index in [9.17, 15) is 4.79 Å². The topological polar surface area (TPSA) is 38.3 Å². The zero-order chi connectivity index (χ0) is 15.4. The maximum Gasteiger partial charge on any atom is 0.265 e. The van der Waals surface area contributed by atoms with Crippen molar-refractivity contribution in [1.82, 2.24) is 0 Å². The first kappa shape index (κ1) is 14.4. The SMILES string of the molecule is COc1cccc(NC(=O)c2ccc(-c3ccccc3)s2)c1. The van der Waals surface area contributed by atoms with E-state index in [1.54, 1.807) is 13.2 Å². The maximum absolute atomic E-state index is 12.3. The van der Waals surface area contributed by atoms with Crippen molar-refractivity contribution < 1.29 is 9.53 Å². The second-order valence-electron chi connectivity index (χ2n) is 4.72. The lowest BCUT2D eigenvalue weighted by Crippen LogP contribution is -2.09. The van der Waals surface area contributed by atoms with Crippen LogP contribution in [0.2, 0.25) is 0 Å². The third-order valence-electron chi connectivity index (χ3n) is 3.22. The molecule has 0 aliphatic heterocycles. The smallest absolute Gasteiger partial charge is 0.265 e. The van der Waals surface area contributed by atoms with Crippen LogP contribution in [-0.4, -0.2) is 13.0 Å². The molecular weight excluding hydrogens is 294 g/mol. The van der Waals surface area contributed by atoms with E-state index in [0.717, 1.165) is 16.1 Å². The number of rotatable bonds is 4. The minimum absolute atomic E-state index is 0.111. The third-order valence-corrected chi connectivity index (χ3v) is 4.35.